The van der Waals surface area contributed by atoms with Crippen molar-refractivity contribution in [3.05, 3.63) is 17.5 Å². The van der Waals surface area contributed by atoms with Crippen molar-refractivity contribution >= 4 is 17.4 Å². The van der Waals surface area contributed by atoms with Gasteiger partial charge in [-0.2, -0.15) is 0 Å². The highest BCUT2D eigenvalue weighted by atomic mass is 35.5. The van der Waals surface area contributed by atoms with E-state index >= 15 is 0 Å². The zero-order valence-corrected chi connectivity index (χ0v) is 9.32. The number of nitrogens with zero attached hydrogens (tertiary/aromatic N) is 3. The minimum Gasteiger partial charge on any atom is -0.355 e. The summed E-state index contributed by atoms with van der Waals surface area (Å²) in [5.74, 6) is 2.86. The fourth-order valence-corrected chi connectivity index (χ4v) is 2.51. The molecule has 0 radical (unpaired) electrons. The monoisotopic (exact) mass is 223 g/mol. The topological polar surface area (TPSA) is 29.0 Å². The van der Waals surface area contributed by atoms with Gasteiger partial charge in [-0.25, -0.2) is 9.97 Å². The van der Waals surface area contributed by atoms with Gasteiger partial charge < -0.3 is 4.90 Å². The molecule has 1 atom stereocenters. The molecule has 80 valence electrons. The second kappa shape index (κ2) is 3.63. The first-order valence-corrected chi connectivity index (χ1v) is 5.93. The van der Waals surface area contributed by atoms with E-state index in [4.69, 9.17) is 11.6 Å². The van der Waals surface area contributed by atoms with E-state index in [1.165, 1.54) is 19.3 Å². The average Bonchev–Trinajstić information content (AvgIpc) is 2.99. The maximum absolute atomic E-state index is 5.72. The SMILES string of the molecule is Clc1cnc(N2CCC(C3CC3)C2)cn1. The molecule has 0 aromatic carbocycles. The van der Waals surface area contributed by atoms with Crippen molar-refractivity contribution in [2.45, 2.75) is 19.3 Å². The molecule has 1 aromatic heterocycles. The lowest BCUT2D eigenvalue weighted by Gasteiger charge is -2.16. The van der Waals surface area contributed by atoms with Gasteiger partial charge in [0, 0.05) is 13.1 Å². The molecular weight excluding hydrogens is 210 g/mol. The summed E-state index contributed by atoms with van der Waals surface area (Å²) in [5.41, 5.74) is 0. The zero-order chi connectivity index (χ0) is 10.3. The van der Waals surface area contributed by atoms with Gasteiger partial charge in [-0.1, -0.05) is 11.6 Å². The van der Waals surface area contributed by atoms with Gasteiger partial charge >= 0.3 is 0 Å². The first kappa shape index (κ1) is 9.40. The van der Waals surface area contributed by atoms with Crippen LogP contribution >= 0.6 is 11.6 Å². The van der Waals surface area contributed by atoms with E-state index in [-0.39, 0.29) is 0 Å². The zero-order valence-electron chi connectivity index (χ0n) is 8.56. The molecule has 1 unspecified atom stereocenters. The molecule has 1 aliphatic carbocycles. The molecule has 4 heteroatoms. The number of halogens is 1. The Balaban J connectivity index is 1.70. The Morgan fingerprint density at radius 2 is 2.00 bits per heavy atom. The summed E-state index contributed by atoms with van der Waals surface area (Å²) in [4.78, 5) is 10.7. The Hall–Kier alpha value is -0.830. The van der Waals surface area contributed by atoms with E-state index in [0.29, 0.717) is 5.15 Å². The normalized spacial score (nSPS) is 25.9. The molecule has 0 N–H and O–H groups in total. The number of hydrogen-bond donors (Lipinski definition) is 0. The summed E-state index contributed by atoms with van der Waals surface area (Å²) in [6, 6.07) is 0. The number of anilines is 1. The van der Waals surface area contributed by atoms with E-state index in [1.54, 1.807) is 12.4 Å². The average molecular weight is 224 g/mol. The summed E-state index contributed by atoms with van der Waals surface area (Å²) in [6.45, 7) is 2.28. The highest BCUT2D eigenvalue weighted by Gasteiger charge is 2.36. The van der Waals surface area contributed by atoms with Crippen molar-refractivity contribution in [3.8, 4) is 0 Å². The van der Waals surface area contributed by atoms with Crippen LogP contribution < -0.4 is 4.90 Å². The lowest BCUT2D eigenvalue weighted by molar-refractivity contribution is 0.514. The third-order valence-electron chi connectivity index (χ3n) is 3.44. The minimum atomic E-state index is 0.469. The third kappa shape index (κ3) is 1.93. The van der Waals surface area contributed by atoms with Crippen LogP contribution in [0.3, 0.4) is 0 Å². The molecule has 1 aromatic rings. The van der Waals surface area contributed by atoms with Crippen LogP contribution in [0.4, 0.5) is 5.82 Å². The molecule has 1 saturated carbocycles. The second-order valence-electron chi connectivity index (χ2n) is 4.53. The van der Waals surface area contributed by atoms with Gasteiger partial charge in [-0.3, -0.25) is 0 Å². The number of rotatable bonds is 2. The molecule has 2 heterocycles. The lowest BCUT2D eigenvalue weighted by Crippen LogP contribution is -2.21. The first-order chi connectivity index (χ1) is 7.33. The smallest absolute Gasteiger partial charge is 0.147 e. The molecule has 1 aliphatic heterocycles. The van der Waals surface area contributed by atoms with Gasteiger partial charge in [-0.05, 0) is 31.1 Å². The van der Waals surface area contributed by atoms with Crippen molar-refractivity contribution in [1.29, 1.82) is 0 Å². The first-order valence-electron chi connectivity index (χ1n) is 5.55. The van der Waals surface area contributed by atoms with E-state index in [0.717, 1.165) is 30.7 Å². The maximum Gasteiger partial charge on any atom is 0.147 e. The van der Waals surface area contributed by atoms with Crippen LogP contribution in [-0.4, -0.2) is 23.1 Å². The van der Waals surface area contributed by atoms with Crippen LogP contribution in [0.2, 0.25) is 5.15 Å². The van der Waals surface area contributed by atoms with Crippen LogP contribution in [0.1, 0.15) is 19.3 Å². The Labute approximate surface area is 94.5 Å². The van der Waals surface area contributed by atoms with Crippen molar-refractivity contribution in [2.75, 3.05) is 18.0 Å². The standard InChI is InChI=1S/C11H14ClN3/c12-10-5-14-11(6-13-10)15-4-3-9(7-15)8-1-2-8/h5-6,8-9H,1-4,7H2. The van der Waals surface area contributed by atoms with Gasteiger partial charge in [-0.15, -0.1) is 0 Å². The predicted molar refractivity (Wildman–Crippen MR) is 60.1 cm³/mol. The Bertz CT molecular complexity index is 347. The van der Waals surface area contributed by atoms with Crippen molar-refractivity contribution in [1.82, 2.24) is 9.97 Å². The van der Waals surface area contributed by atoms with Gasteiger partial charge in [0.1, 0.15) is 11.0 Å². The second-order valence-corrected chi connectivity index (χ2v) is 4.92. The fourth-order valence-electron chi connectivity index (χ4n) is 2.42. The summed E-state index contributed by atoms with van der Waals surface area (Å²) in [7, 11) is 0. The summed E-state index contributed by atoms with van der Waals surface area (Å²) < 4.78 is 0. The van der Waals surface area contributed by atoms with E-state index in [1.807, 2.05) is 0 Å². The minimum absolute atomic E-state index is 0.469. The maximum atomic E-state index is 5.72. The Morgan fingerprint density at radius 3 is 2.67 bits per heavy atom. The van der Waals surface area contributed by atoms with Gasteiger partial charge in [0.2, 0.25) is 0 Å². The number of aromatic nitrogens is 2. The quantitative estimate of drug-likeness (QED) is 0.771. The molecule has 3 nitrogen and oxygen atoms in total. The van der Waals surface area contributed by atoms with Crippen LogP contribution in [-0.2, 0) is 0 Å². The van der Waals surface area contributed by atoms with Gasteiger partial charge in [0.25, 0.3) is 0 Å². The van der Waals surface area contributed by atoms with E-state index in [9.17, 15) is 0 Å². The molecule has 1 saturated heterocycles. The van der Waals surface area contributed by atoms with E-state index < -0.39 is 0 Å². The number of hydrogen-bond acceptors (Lipinski definition) is 3. The van der Waals surface area contributed by atoms with Crippen molar-refractivity contribution in [2.24, 2.45) is 11.8 Å². The van der Waals surface area contributed by atoms with Crippen LogP contribution in [0.15, 0.2) is 12.4 Å². The highest BCUT2D eigenvalue weighted by Crippen LogP contribution is 2.41. The van der Waals surface area contributed by atoms with E-state index in [2.05, 4.69) is 14.9 Å². The molecule has 2 aliphatic rings. The highest BCUT2D eigenvalue weighted by molar-refractivity contribution is 6.29. The van der Waals surface area contributed by atoms with Gasteiger partial charge in [0.05, 0.1) is 12.4 Å². The molecule has 2 fully saturated rings. The molecule has 15 heavy (non-hydrogen) atoms. The predicted octanol–water partition coefficient (Wildman–Crippen LogP) is 2.37. The Morgan fingerprint density at radius 1 is 1.13 bits per heavy atom. The van der Waals surface area contributed by atoms with Crippen LogP contribution in [0, 0.1) is 11.8 Å². The van der Waals surface area contributed by atoms with Crippen LogP contribution in [0.25, 0.3) is 0 Å². The third-order valence-corrected chi connectivity index (χ3v) is 3.64. The largest absolute Gasteiger partial charge is 0.355 e. The Kier molecular flexibility index (Phi) is 2.28. The molecule has 0 amide bonds. The molecular formula is C11H14ClN3. The lowest BCUT2D eigenvalue weighted by atomic mass is 10.0. The van der Waals surface area contributed by atoms with Crippen molar-refractivity contribution < 1.29 is 0 Å². The molecule has 0 spiro atoms. The van der Waals surface area contributed by atoms with Crippen molar-refractivity contribution in [3.63, 3.8) is 0 Å². The molecule has 3 rings (SSSR count). The fraction of sp³-hybridized carbons (Fsp3) is 0.636. The summed E-state index contributed by atoms with van der Waals surface area (Å²) in [5, 5.41) is 0.469. The summed E-state index contributed by atoms with van der Waals surface area (Å²) in [6.07, 6.45) is 7.59. The summed E-state index contributed by atoms with van der Waals surface area (Å²) >= 11 is 5.72. The van der Waals surface area contributed by atoms with Crippen LogP contribution in [0.5, 0.6) is 0 Å². The molecule has 0 bridgehead atoms. The van der Waals surface area contributed by atoms with Gasteiger partial charge in [0.15, 0.2) is 0 Å².